The first-order valence-electron chi connectivity index (χ1n) is 6.53. The Hall–Kier alpha value is -2.37. The van der Waals surface area contributed by atoms with Crippen LogP contribution in [0.1, 0.15) is 36.7 Å². The van der Waals surface area contributed by atoms with E-state index in [0.717, 1.165) is 10.2 Å². The minimum absolute atomic E-state index is 0.407. The molecule has 0 bridgehead atoms. The third kappa shape index (κ3) is 2.89. The lowest BCUT2D eigenvalue weighted by Crippen LogP contribution is -2.27. The van der Waals surface area contributed by atoms with Crippen LogP contribution in [-0.2, 0) is 9.47 Å². The van der Waals surface area contributed by atoms with Crippen LogP contribution in [0.4, 0.5) is 4.79 Å². The number of carbonyl (C=O) groups excluding carboxylic acids is 2. The molecule has 21 heavy (non-hydrogen) atoms. The second-order valence-corrected chi connectivity index (χ2v) is 5.72. The highest BCUT2D eigenvalue weighted by molar-refractivity contribution is 6.06. The molecule has 2 rings (SSSR count). The van der Waals surface area contributed by atoms with Crippen LogP contribution < -0.4 is 0 Å². The number of esters is 1. The van der Waals surface area contributed by atoms with Gasteiger partial charge >= 0.3 is 12.1 Å². The first-order chi connectivity index (χ1) is 9.74. The molecule has 0 fully saturated rings. The van der Waals surface area contributed by atoms with E-state index >= 15 is 0 Å². The maximum absolute atomic E-state index is 12.1. The fourth-order valence-corrected chi connectivity index (χ4v) is 2.03. The molecule has 6 nitrogen and oxygen atoms in total. The van der Waals surface area contributed by atoms with Crippen molar-refractivity contribution in [3.8, 4) is 0 Å². The van der Waals surface area contributed by atoms with Gasteiger partial charge in [0.25, 0.3) is 0 Å². The predicted molar refractivity (Wildman–Crippen MR) is 77.4 cm³/mol. The number of ether oxygens (including phenoxy) is 2. The molecule has 0 spiro atoms. The number of nitrogens with zero attached hydrogens (tertiary/aromatic N) is 2. The lowest BCUT2D eigenvalue weighted by Gasteiger charge is -2.19. The normalized spacial score (nSPS) is 11.5. The smallest absolute Gasteiger partial charge is 0.435 e. The summed E-state index contributed by atoms with van der Waals surface area (Å²) in [5, 5.41) is 4.59. The molecule has 0 N–H and O–H groups in total. The number of fused-ring (bicyclic) bond motifs is 1. The van der Waals surface area contributed by atoms with E-state index in [1.807, 2.05) is 0 Å². The van der Waals surface area contributed by atoms with Gasteiger partial charge in [-0.2, -0.15) is 9.78 Å². The number of aryl methyl sites for hydroxylation is 1. The van der Waals surface area contributed by atoms with Crippen molar-refractivity contribution in [2.75, 3.05) is 7.11 Å². The molecule has 0 aliphatic rings. The summed E-state index contributed by atoms with van der Waals surface area (Å²) in [5.41, 5.74) is 1.06. The largest absolute Gasteiger partial charge is 0.465 e. The van der Waals surface area contributed by atoms with Crippen molar-refractivity contribution < 1.29 is 19.1 Å². The number of hydrogen-bond donors (Lipinski definition) is 0. The monoisotopic (exact) mass is 290 g/mol. The first kappa shape index (κ1) is 15.0. The van der Waals surface area contributed by atoms with Crippen molar-refractivity contribution in [3.05, 3.63) is 29.5 Å². The molecule has 1 aromatic carbocycles. The van der Waals surface area contributed by atoms with Crippen molar-refractivity contribution >= 4 is 23.0 Å². The zero-order valence-electron chi connectivity index (χ0n) is 12.8. The van der Waals surface area contributed by atoms with E-state index in [1.54, 1.807) is 39.8 Å². The molecule has 0 aliphatic carbocycles. The Morgan fingerprint density at radius 2 is 1.90 bits per heavy atom. The van der Waals surface area contributed by atoms with Crippen molar-refractivity contribution in [1.82, 2.24) is 9.78 Å². The third-order valence-corrected chi connectivity index (χ3v) is 2.92. The van der Waals surface area contributed by atoms with Crippen molar-refractivity contribution in [3.63, 3.8) is 0 Å². The van der Waals surface area contributed by atoms with E-state index in [1.165, 1.54) is 13.3 Å². The molecule has 0 saturated carbocycles. The Morgan fingerprint density at radius 1 is 1.24 bits per heavy atom. The highest BCUT2D eigenvalue weighted by atomic mass is 16.6. The molecule has 0 atom stereocenters. The molecule has 1 heterocycles. The van der Waals surface area contributed by atoms with Crippen LogP contribution in [0.3, 0.4) is 0 Å². The van der Waals surface area contributed by atoms with Crippen molar-refractivity contribution in [2.45, 2.75) is 33.3 Å². The fraction of sp³-hybridized carbons (Fsp3) is 0.400. The number of hydrogen-bond acceptors (Lipinski definition) is 5. The van der Waals surface area contributed by atoms with Gasteiger partial charge in [0.1, 0.15) is 5.60 Å². The molecule has 0 aliphatic heterocycles. The summed E-state index contributed by atoms with van der Waals surface area (Å²) in [4.78, 5) is 24.0. The quantitative estimate of drug-likeness (QED) is 0.755. The molecular weight excluding hydrogens is 272 g/mol. The summed E-state index contributed by atoms with van der Waals surface area (Å²) >= 11 is 0. The van der Waals surface area contributed by atoms with Crippen LogP contribution in [-0.4, -0.2) is 34.6 Å². The summed E-state index contributed by atoms with van der Waals surface area (Å²) < 4.78 is 11.2. The van der Waals surface area contributed by atoms with E-state index in [9.17, 15) is 9.59 Å². The molecule has 0 saturated heterocycles. The van der Waals surface area contributed by atoms with Gasteiger partial charge in [0.05, 0.1) is 24.4 Å². The molecule has 112 valence electrons. The average molecular weight is 290 g/mol. The zero-order chi connectivity index (χ0) is 15.8. The standard InChI is InChI=1S/C15H18N2O4/c1-9-6-7-11-10(12(9)13(18)20-5)8-16-17(11)14(19)21-15(2,3)4/h6-8H,1-5H3. The molecule has 0 amide bonds. The summed E-state index contributed by atoms with van der Waals surface area (Å²) in [6.45, 7) is 7.14. The van der Waals surface area contributed by atoms with Gasteiger partial charge in [-0.05, 0) is 39.3 Å². The van der Waals surface area contributed by atoms with Gasteiger partial charge in [-0.15, -0.1) is 0 Å². The van der Waals surface area contributed by atoms with Gasteiger partial charge in [-0.3, -0.25) is 0 Å². The second kappa shape index (κ2) is 5.20. The summed E-state index contributed by atoms with van der Waals surface area (Å²) in [5.74, 6) is -0.457. The van der Waals surface area contributed by atoms with Gasteiger partial charge in [0.15, 0.2) is 0 Å². The van der Waals surface area contributed by atoms with Crippen LogP contribution in [0.2, 0.25) is 0 Å². The van der Waals surface area contributed by atoms with Crippen LogP contribution in [0.25, 0.3) is 10.9 Å². The van der Waals surface area contributed by atoms with Gasteiger partial charge in [0.2, 0.25) is 0 Å². The topological polar surface area (TPSA) is 70.4 Å². The fourth-order valence-electron chi connectivity index (χ4n) is 2.03. The minimum Gasteiger partial charge on any atom is -0.465 e. The molecule has 2 aromatic rings. The average Bonchev–Trinajstić information content (AvgIpc) is 2.79. The first-order valence-corrected chi connectivity index (χ1v) is 6.53. The van der Waals surface area contributed by atoms with Gasteiger partial charge in [-0.25, -0.2) is 9.59 Å². The number of carbonyl (C=O) groups is 2. The number of benzene rings is 1. The summed E-state index contributed by atoms with van der Waals surface area (Å²) in [7, 11) is 1.32. The van der Waals surface area contributed by atoms with E-state index in [-0.39, 0.29) is 0 Å². The number of rotatable bonds is 1. The number of aromatic nitrogens is 2. The molecule has 0 radical (unpaired) electrons. The maximum Gasteiger partial charge on any atom is 0.435 e. The summed E-state index contributed by atoms with van der Waals surface area (Å²) in [6.07, 6.45) is 0.885. The predicted octanol–water partition coefficient (Wildman–Crippen LogP) is 2.91. The summed E-state index contributed by atoms with van der Waals surface area (Å²) in [6, 6.07) is 3.48. The zero-order valence-corrected chi connectivity index (χ0v) is 12.8. The van der Waals surface area contributed by atoms with Crippen LogP contribution in [0.15, 0.2) is 18.3 Å². The van der Waals surface area contributed by atoms with Gasteiger partial charge in [-0.1, -0.05) is 6.07 Å². The van der Waals surface area contributed by atoms with Gasteiger partial charge in [0, 0.05) is 5.39 Å². The Bertz CT molecular complexity index is 710. The lowest BCUT2D eigenvalue weighted by molar-refractivity contribution is 0.0521. The van der Waals surface area contributed by atoms with E-state index in [0.29, 0.717) is 16.5 Å². The van der Waals surface area contributed by atoms with E-state index < -0.39 is 17.7 Å². The van der Waals surface area contributed by atoms with Crippen LogP contribution >= 0.6 is 0 Å². The van der Waals surface area contributed by atoms with Gasteiger partial charge < -0.3 is 9.47 Å². The number of methoxy groups -OCH3 is 1. The Kier molecular flexibility index (Phi) is 3.72. The SMILES string of the molecule is COC(=O)c1c(C)ccc2c1cnn2C(=O)OC(C)(C)C. The molecular formula is C15H18N2O4. The minimum atomic E-state index is -0.620. The second-order valence-electron chi connectivity index (χ2n) is 5.72. The van der Waals surface area contributed by atoms with E-state index in [2.05, 4.69) is 5.10 Å². The lowest BCUT2D eigenvalue weighted by atomic mass is 10.0. The highest BCUT2D eigenvalue weighted by Crippen LogP contribution is 2.23. The maximum atomic E-state index is 12.1. The Labute approximate surface area is 122 Å². The molecule has 1 aromatic heterocycles. The Balaban J connectivity index is 2.56. The van der Waals surface area contributed by atoms with Crippen molar-refractivity contribution in [1.29, 1.82) is 0 Å². The van der Waals surface area contributed by atoms with E-state index in [4.69, 9.17) is 9.47 Å². The van der Waals surface area contributed by atoms with Crippen molar-refractivity contribution in [2.24, 2.45) is 0 Å². The molecule has 0 unspecified atom stereocenters. The van der Waals surface area contributed by atoms with Crippen LogP contribution in [0.5, 0.6) is 0 Å². The third-order valence-electron chi connectivity index (χ3n) is 2.92. The Morgan fingerprint density at radius 3 is 2.48 bits per heavy atom. The molecule has 6 heteroatoms. The highest BCUT2D eigenvalue weighted by Gasteiger charge is 2.22. The van der Waals surface area contributed by atoms with Crippen LogP contribution in [0, 0.1) is 6.92 Å².